The van der Waals surface area contributed by atoms with Crippen LogP contribution in [0.25, 0.3) is 0 Å². The first kappa shape index (κ1) is 15.0. The van der Waals surface area contributed by atoms with E-state index < -0.39 is 0 Å². The molecule has 5 nitrogen and oxygen atoms in total. The van der Waals surface area contributed by atoms with E-state index >= 15 is 0 Å². The van der Waals surface area contributed by atoms with Gasteiger partial charge in [0.05, 0.1) is 22.4 Å². The molecular weight excluding hydrogens is 306 g/mol. The van der Waals surface area contributed by atoms with Crippen molar-refractivity contribution in [3.05, 3.63) is 15.9 Å². The van der Waals surface area contributed by atoms with Crippen molar-refractivity contribution >= 4 is 15.9 Å². The van der Waals surface area contributed by atoms with Gasteiger partial charge >= 0.3 is 0 Å². The Kier molecular flexibility index (Phi) is 5.38. The lowest BCUT2D eigenvalue weighted by molar-refractivity contribution is 0.101. The summed E-state index contributed by atoms with van der Waals surface area (Å²) in [5.74, 6) is 0. The molecule has 0 unspecified atom stereocenters. The molecule has 0 saturated carbocycles. The van der Waals surface area contributed by atoms with Crippen LogP contribution < -0.4 is 5.43 Å². The fourth-order valence-electron chi connectivity index (χ4n) is 2.34. The second-order valence-corrected chi connectivity index (χ2v) is 5.79. The van der Waals surface area contributed by atoms with Gasteiger partial charge in [0, 0.05) is 32.7 Å². The maximum absolute atomic E-state index is 4.63. The summed E-state index contributed by atoms with van der Waals surface area (Å²) in [5, 5.41) is 6.94. The van der Waals surface area contributed by atoms with Crippen LogP contribution in [0.5, 0.6) is 0 Å². The molecule has 0 aromatic carbocycles. The Morgan fingerprint density at radius 3 is 2.47 bits per heavy atom. The van der Waals surface area contributed by atoms with Crippen LogP contribution in [0, 0.1) is 0 Å². The number of hydrogen-bond acceptors (Lipinski definition) is 4. The van der Waals surface area contributed by atoms with Crippen molar-refractivity contribution < 1.29 is 0 Å². The van der Waals surface area contributed by atoms with Gasteiger partial charge in [0.2, 0.25) is 0 Å². The van der Waals surface area contributed by atoms with Crippen molar-refractivity contribution in [3.8, 4) is 0 Å². The first-order valence-electron chi connectivity index (χ1n) is 7.06. The van der Waals surface area contributed by atoms with E-state index in [9.17, 15) is 0 Å². The van der Waals surface area contributed by atoms with Crippen molar-refractivity contribution in [1.82, 2.24) is 25.1 Å². The number of likely N-dealkylation sites (N-methyl/N-ethyl adjacent to an activating group) is 1. The average molecular weight is 330 g/mol. The van der Waals surface area contributed by atoms with Gasteiger partial charge in [-0.1, -0.05) is 6.92 Å². The van der Waals surface area contributed by atoms with Gasteiger partial charge in [0.15, 0.2) is 0 Å². The number of rotatable bonds is 5. The third kappa shape index (κ3) is 3.56. The number of aromatic nitrogens is 2. The van der Waals surface area contributed by atoms with Gasteiger partial charge in [-0.3, -0.25) is 4.68 Å². The molecule has 108 valence electrons. The fourth-order valence-corrected chi connectivity index (χ4v) is 3.04. The molecule has 1 aromatic heterocycles. The quantitative estimate of drug-likeness (QED) is 0.887. The number of piperazine rings is 1. The van der Waals surface area contributed by atoms with Gasteiger partial charge in [-0.05, 0) is 36.3 Å². The molecule has 1 aromatic rings. The number of nitrogens with zero attached hydrogens (tertiary/aromatic N) is 4. The molecule has 2 heterocycles. The minimum absolute atomic E-state index is 0.838. The summed E-state index contributed by atoms with van der Waals surface area (Å²) in [6, 6.07) is 0. The topological polar surface area (TPSA) is 36.3 Å². The van der Waals surface area contributed by atoms with Crippen LogP contribution in [0.2, 0.25) is 0 Å². The number of hydrazine groups is 1. The van der Waals surface area contributed by atoms with Gasteiger partial charge in [-0.2, -0.15) is 5.10 Å². The van der Waals surface area contributed by atoms with E-state index in [0.717, 1.165) is 51.4 Å². The van der Waals surface area contributed by atoms with Gasteiger partial charge in [0.25, 0.3) is 0 Å². The number of nitrogens with one attached hydrogen (secondary N) is 1. The molecule has 19 heavy (non-hydrogen) atoms. The van der Waals surface area contributed by atoms with Crippen LogP contribution in [0.3, 0.4) is 0 Å². The molecule has 0 bridgehead atoms. The highest BCUT2D eigenvalue weighted by molar-refractivity contribution is 9.10. The molecule has 0 aliphatic carbocycles. The zero-order chi connectivity index (χ0) is 13.8. The fraction of sp³-hybridized carbons (Fsp3) is 0.769. The summed E-state index contributed by atoms with van der Waals surface area (Å²) in [7, 11) is 2.17. The smallest absolute Gasteiger partial charge is 0.0767 e. The summed E-state index contributed by atoms with van der Waals surface area (Å²) in [6.45, 7) is 10.4. The third-order valence-corrected chi connectivity index (χ3v) is 4.58. The second kappa shape index (κ2) is 6.83. The molecule has 1 saturated heterocycles. The first-order valence-corrected chi connectivity index (χ1v) is 7.86. The molecule has 0 radical (unpaired) electrons. The molecular formula is C13H24BrN5. The Balaban J connectivity index is 1.97. The minimum atomic E-state index is 0.838. The van der Waals surface area contributed by atoms with E-state index in [1.807, 2.05) is 0 Å². The highest BCUT2D eigenvalue weighted by atomic mass is 79.9. The zero-order valence-corrected chi connectivity index (χ0v) is 13.7. The maximum Gasteiger partial charge on any atom is 0.0767 e. The summed E-state index contributed by atoms with van der Waals surface area (Å²) in [6.07, 6.45) is 0.967. The first-order chi connectivity index (χ1) is 9.15. The molecule has 0 atom stereocenters. The average Bonchev–Trinajstić information content (AvgIpc) is 2.74. The van der Waals surface area contributed by atoms with Crippen LogP contribution >= 0.6 is 15.9 Å². The largest absolute Gasteiger partial charge is 0.304 e. The predicted octanol–water partition coefficient (Wildman–Crippen LogP) is 1.48. The van der Waals surface area contributed by atoms with Crippen LogP contribution in [0.4, 0.5) is 0 Å². The number of halogens is 1. The summed E-state index contributed by atoms with van der Waals surface area (Å²) in [5.41, 5.74) is 5.93. The normalized spacial score (nSPS) is 18.1. The monoisotopic (exact) mass is 329 g/mol. The Labute approximate surface area is 124 Å². The number of hydrogen-bond donors (Lipinski definition) is 1. The maximum atomic E-state index is 4.63. The van der Waals surface area contributed by atoms with Crippen molar-refractivity contribution in [1.29, 1.82) is 0 Å². The van der Waals surface area contributed by atoms with Crippen molar-refractivity contribution in [2.75, 3.05) is 33.2 Å². The van der Waals surface area contributed by atoms with Crippen molar-refractivity contribution in [2.45, 2.75) is 33.4 Å². The summed E-state index contributed by atoms with van der Waals surface area (Å²) >= 11 is 3.69. The van der Waals surface area contributed by atoms with E-state index in [-0.39, 0.29) is 0 Å². The molecule has 0 spiro atoms. The molecule has 6 heteroatoms. The van der Waals surface area contributed by atoms with E-state index in [0.29, 0.717) is 0 Å². The Morgan fingerprint density at radius 1 is 1.21 bits per heavy atom. The summed E-state index contributed by atoms with van der Waals surface area (Å²) < 4.78 is 3.25. The Morgan fingerprint density at radius 2 is 1.89 bits per heavy atom. The van der Waals surface area contributed by atoms with E-state index in [1.54, 1.807) is 0 Å². The molecule has 1 aliphatic heterocycles. The van der Waals surface area contributed by atoms with Crippen LogP contribution in [0.1, 0.15) is 25.2 Å². The number of aryl methyl sites for hydroxylation is 2. The van der Waals surface area contributed by atoms with Crippen molar-refractivity contribution in [3.63, 3.8) is 0 Å². The lowest BCUT2D eigenvalue weighted by atomic mass is 10.3. The van der Waals surface area contributed by atoms with Gasteiger partial charge in [-0.15, -0.1) is 0 Å². The predicted molar refractivity (Wildman–Crippen MR) is 80.9 cm³/mol. The van der Waals surface area contributed by atoms with Crippen LogP contribution in [-0.2, 0) is 19.5 Å². The van der Waals surface area contributed by atoms with E-state index in [1.165, 1.54) is 10.2 Å². The molecule has 1 aliphatic rings. The zero-order valence-electron chi connectivity index (χ0n) is 12.1. The Hall–Kier alpha value is -0.430. The third-order valence-electron chi connectivity index (χ3n) is 3.67. The summed E-state index contributed by atoms with van der Waals surface area (Å²) in [4.78, 5) is 2.36. The van der Waals surface area contributed by atoms with Crippen LogP contribution in [-0.4, -0.2) is 52.9 Å². The van der Waals surface area contributed by atoms with E-state index in [2.05, 4.69) is 61.9 Å². The van der Waals surface area contributed by atoms with Gasteiger partial charge in [-0.25, -0.2) is 10.4 Å². The standard InChI is InChI=1S/C13H24BrN5/c1-4-11-13(14)12(19(5-2)16-11)10-15-18-8-6-17(3)7-9-18/h15H,4-10H2,1-3H3. The van der Waals surface area contributed by atoms with Gasteiger partial charge in [0.1, 0.15) is 0 Å². The molecule has 1 N–H and O–H groups in total. The molecule has 1 fully saturated rings. The molecule has 2 rings (SSSR count). The van der Waals surface area contributed by atoms with Crippen LogP contribution in [0.15, 0.2) is 4.47 Å². The highest BCUT2D eigenvalue weighted by Gasteiger charge is 2.17. The second-order valence-electron chi connectivity index (χ2n) is 5.00. The van der Waals surface area contributed by atoms with Gasteiger partial charge < -0.3 is 4.90 Å². The van der Waals surface area contributed by atoms with Crippen molar-refractivity contribution in [2.24, 2.45) is 0 Å². The van der Waals surface area contributed by atoms with E-state index in [4.69, 9.17) is 0 Å². The lowest BCUT2D eigenvalue weighted by Gasteiger charge is -2.32. The Bertz CT molecular complexity index is 409. The lowest BCUT2D eigenvalue weighted by Crippen LogP contribution is -2.50. The highest BCUT2D eigenvalue weighted by Crippen LogP contribution is 2.22. The molecule has 0 amide bonds. The minimum Gasteiger partial charge on any atom is -0.304 e. The SMILES string of the molecule is CCc1nn(CC)c(CNN2CCN(C)CC2)c1Br.